The third-order valence-electron chi connectivity index (χ3n) is 2.05. The van der Waals surface area contributed by atoms with Gasteiger partial charge in [-0.15, -0.1) is 5.10 Å². The predicted octanol–water partition coefficient (Wildman–Crippen LogP) is 1.52. The summed E-state index contributed by atoms with van der Waals surface area (Å²) in [6.07, 6.45) is 1.79. The summed E-state index contributed by atoms with van der Waals surface area (Å²) in [5.41, 5.74) is 0.482. The molecule has 1 aromatic heterocycles. The van der Waals surface area contributed by atoms with Crippen LogP contribution in [-0.2, 0) is 5.41 Å². The zero-order chi connectivity index (χ0) is 10.9. The lowest BCUT2D eigenvalue weighted by molar-refractivity contribution is 0.498. The molecule has 0 fully saturated rings. The van der Waals surface area contributed by atoms with Crippen molar-refractivity contribution in [3.05, 3.63) is 22.4 Å². The first-order valence-corrected chi connectivity index (χ1v) is 4.78. The standard InChI is InChI=1S/C10H17N3O/c1-7(2)13-6-8(10(3,4)5)11-12-9(13)14/h6-7H,1-5H3. The van der Waals surface area contributed by atoms with E-state index in [-0.39, 0.29) is 17.1 Å². The minimum absolute atomic E-state index is 0.0721. The Morgan fingerprint density at radius 1 is 1.29 bits per heavy atom. The van der Waals surface area contributed by atoms with E-state index in [9.17, 15) is 4.79 Å². The van der Waals surface area contributed by atoms with Gasteiger partial charge in [0.1, 0.15) is 0 Å². The highest BCUT2D eigenvalue weighted by Gasteiger charge is 2.17. The minimum Gasteiger partial charge on any atom is -0.294 e. The monoisotopic (exact) mass is 195 g/mol. The molecule has 0 unspecified atom stereocenters. The van der Waals surface area contributed by atoms with Gasteiger partial charge in [-0.1, -0.05) is 25.9 Å². The van der Waals surface area contributed by atoms with Crippen LogP contribution in [0.15, 0.2) is 11.0 Å². The molecule has 1 aromatic rings. The van der Waals surface area contributed by atoms with Gasteiger partial charge in [-0.25, -0.2) is 4.79 Å². The molecule has 0 aliphatic rings. The molecule has 0 N–H and O–H groups in total. The van der Waals surface area contributed by atoms with Crippen molar-refractivity contribution >= 4 is 0 Å². The van der Waals surface area contributed by atoms with Crippen molar-refractivity contribution < 1.29 is 0 Å². The second kappa shape index (κ2) is 3.52. The summed E-state index contributed by atoms with van der Waals surface area (Å²) in [6, 6.07) is 0.124. The number of aromatic nitrogens is 3. The molecule has 0 aliphatic carbocycles. The maximum absolute atomic E-state index is 11.3. The van der Waals surface area contributed by atoms with Crippen molar-refractivity contribution in [1.29, 1.82) is 0 Å². The molecule has 0 radical (unpaired) electrons. The summed E-state index contributed by atoms with van der Waals surface area (Å²) in [7, 11) is 0. The van der Waals surface area contributed by atoms with E-state index in [1.165, 1.54) is 0 Å². The van der Waals surface area contributed by atoms with E-state index < -0.39 is 0 Å². The summed E-state index contributed by atoms with van der Waals surface area (Å²) in [4.78, 5) is 11.3. The minimum atomic E-state index is -0.284. The highest BCUT2D eigenvalue weighted by Crippen LogP contribution is 2.18. The van der Waals surface area contributed by atoms with Crippen LogP contribution in [0.1, 0.15) is 46.4 Å². The van der Waals surface area contributed by atoms with E-state index in [1.807, 2.05) is 34.6 Å². The van der Waals surface area contributed by atoms with Crippen molar-refractivity contribution in [2.24, 2.45) is 0 Å². The van der Waals surface area contributed by atoms with Gasteiger partial charge < -0.3 is 0 Å². The SMILES string of the molecule is CC(C)n1cc(C(C)(C)C)nnc1=O. The molecule has 4 heteroatoms. The Labute approximate surface area is 84.0 Å². The summed E-state index contributed by atoms with van der Waals surface area (Å²) >= 11 is 0. The maximum atomic E-state index is 11.3. The van der Waals surface area contributed by atoms with Gasteiger partial charge in [0.25, 0.3) is 0 Å². The Balaban J connectivity index is 3.27. The molecule has 0 spiro atoms. The normalized spacial score (nSPS) is 12.1. The second-order valence-corrected chi connectivity index (χ2v) is 4.75. The van der Waals surface area contributed by atoms with E-state index in [4.69, 9.17) is 0 Å². The first kappa shape index (κ1) is 10.9. The van der Waals surface area contributed by atoms with Gasteiger partial charge in [-0.05, 0) is 13.8 Å². The van der Waals surface area contributed by atoms with Crippen molar-refractivity contribution in [2.75, 3.05) is 0 Å². The Bertz CT molecular complexity index is 374. The fraction of sp³-hybridized carbons (Fsp3) is 0.700. The van der Waals surface area contributed by atoms with Gasteiger partial charge in [0.05, 0.1) is 5.69 Å². The highest BCUT2D eigenvalue weighted by atomic mass is 16.1. The Morgan fingerprint density at radius 3 is 2.29 bits per heavy atom. The van der Waals surface area contributed by atoms with E-state index in [0.29, 0.717) is 0 Å². The molecule has 1 heterocycles. The van der Waals surface area contributed by atoms with Crippen LogP contribution in [-0.4, -0.2) is 14.8 Å². The van der Waals surface area contributed by atoms with Crippen molar-refractivity contribution in [1.82, 2.24) is 14.8 Å². The Morgan fingerprint density at radius 2 is 1.86 bits per heavy atom. The third-order valence-corrected chi connectivity index (χ3v) is 2.05. The van der Waals surface area contributed by atoms with Gasteiger partial charge in [0.2, 0.25) is 0 Å². The van der Waals surface area contributed by atoms with Crippen molar-refractivity contribution in [2.45, 2.75) is 46.1 Å². The quantitative estimate of drug-likeness (QED) is 0.682. The molecule has 0 amide bonds. The van der Waals surface area contributed by atoms with E-state index in [1.54, 1.807) is 10.8 Å². The van der Waals surface area contributed by atoms with Gasteiger partial charge in [0.15, 0.2) is 0 Å². The van der Waals surface area contributed by atoms with Gasteiger partial charge in [-0.2, -0.15) is 0 Å². The average Bonchev–Trinajstić information content (AvgIpc) is 2.02. The molecule has 0 aromatic carbocycles. The van der Waals surface area contributed by atoms with Crippen LogP contribution in [0.5, 0.6) is 0 Å². The van der Waals surface area contributed by atoms with Gasteiger partial charge in [-0.3, -0.25) is 4.57 Å². The van der Waals surface area contributed by atoms with E-state index in [2.05, 4.69) is 10.2 Å². The zero-order valence-corrected chi connectivity index (χ0v) is 9.40. The van der Waals surface area contributed by atoms with Crippen molar-refractivity contribution in [3.8, 4) is 0 Å². The molecule has 1 rings (SSSR count). The fourth-order valence-electron chi connectivity index (χ4n) is 1.07. The molecule has 78 valence electrons. The first-order valence-electron chi connectivity index (χ1n) is 4.78. The molecule has 0 saturated heterocycles. The smallest absolute Gasteiger partial charge is 0.294 e. The lowest BCUT2D eigenvalue weighted by Gasteiger charge is -2.18. The van der Waals surface area contributed by atoms with Crippen LogP contribution in [0, 0.1) is 0 Å². The van der Waals surface area contributed by atoms with Crippen LogP contribution >= 0.6 is 0 Å². The molecule has 4 nitrogen and oxygen atoms in total. The zero-order valence-electron chi connectivity index (χ0n) is 9.40. The lowest BCUT2D eigenvalue weighted by atomic mass is 9.93. The summed E-state index contributed by atoms with van der Waals surface area (Å²) < 4.78 is 1.60. The predicted molar refractivity (Wildman–Crippen MR) is 55.4 cm³/mol. The molecular formula is C10H17N3O. The Hall–Kier alpha value is -1.19. The average molecular weight is 195 g/mol. The summed E-state index contributed by atoms with van der Waals surface area (Å²) in [5.74, 6) is 0. The van der Waals surface area contributed by atoms with Crippen LogP contribution in [0.25, 0.3) is 0 Å². The molecule has 14 heavy (non-hydrogen) atoms. The second-order valence-electron chi connectivity index (χ2n) is 4.75. The van der Waals surface area contributed by atoms with Crippen LogP contribution < -0.4 is 5.69 Å². The number of rotatable bonds is 1. The number of hydrogen-bond acceptors (Lipinski definition) is 3. The molecule has 0 bridgehead atoms. The molecule has 0 aliphatic heterocycles. The van der Waals surface area contributed by atoms with Crippen LogP contribution in [0.3, 0.4) is 0 Å². The van der Waals surface area contributed by atoms with E-state index in [0.717, 1.165) is 5.69 Å². The van der Waals surface area contributed by atoms with Crippen LogP contribution in [0.4, 0.5) is 0 Å². The summed E-state index contributed by atoms with van der Waals surface area (Å²) in [6.45, 7) is 10.1. The van der Waals surface area contributed by atoms with Crippen LogP contribution in [0.2, 0.25) is 0 Å². The lowest BCUT2D eigenvalue weighted by Crippen LogP contribution is -2.29. The number of hydrogen-bond donors (Lipinski definition) is 0. The largest absolute Gasteiger partial charge is 0.366 e. The maximum Gasteiger partial charge on any atom is 0.366 e. The summed E-state index contributed by atoms with van der Waals surface area (Å²) in [5, 5.41) is 7.53. The van der Waals surface area contributed by atoms with E-state index >= 15 is 0 Å². The topological polar surface area (TPSA) is 47.8 Å². The van der Waals surface area contributed by atoms with Gasteiger partial charge >= 0.3 is 5.69 Å². The molecule has 0 atom stereocenters. The third kappa shape index (κ3) is 2.19. The highest BCUT2D eigenvalue weighted by molar-refractivity contribution is 5.06. The fourth-order valence-corrected chi connectivity index (χ4v) is 1.07. The molecule has 0 saturated carbocycles. The Kier molecular flexibility index (Phi) is 2.73. The van der Waals surface area contributed by atoms with Crippen molar-refractivity contribution in [3.63, 3.8) is 0 Å². The molecular weight excluding hydrogens is 178 g/mol. The van der Waals surface area contributed by atoms with Gasteiger partial charge in [0, 0.05) is 17.7 Å². The first-order chi connectivity index (χ1) is 6.32. The number of nitrogens with zero attached hydrogens (tertiary/aromatic N) is 3.